The lowest BCUT2D eigenvalue weighted by atomic mass is 9.97. The number of methoxy groups -OCH3 is 1. The summed E-state index contributed by atoms with van der Waals surface area (Å²) in [5.74, 6) is -1.31. The van der Waals surface area contributed by atoms with Crippen molar-refractivity contribution in [3.8, 4) is 11.5 Å². The van der Waals surface area contributed by atoms with E-state index in [0.717, 1.165) is 6.08 Å². The first-order chi connectivity index (χ1) is 12.8. The lowest BCUT2D eigenvalue weighted by Crippen LogP contribution is -2.34. The van der Waals surface area contributed by atoms with E-state index in [4.69, 9.17) is 14.2 Å². The molecule has 0 amide bonds. The monoisotopic (exact) mass is 378 g/mol. The Morgan fingerprint density at radius 3 is 2.67 bits per heavy atom. The molecule has 8 heteroatoms. The van der Waals surface area contributed by atoms with Crippen molar-refractivity contribution >= 4 is 11.8 Å². The second-order valence-electron chi connectivity index (χ2n) is 6.71. The quantitative estimate of drug-likeness (QED) is 0.489. The smallest absolute Gasteiger partial charge is 0.342 e. The normalized spacial score (nSPS) is 32.5. The van der Waals surface area contributed by atoms with Crippen LogP contribution in [0.5, 0.6) is 11.5 Å². The Morgan fingerprint density at radius 1 is 1.22 bits per heavy atom. The highest BCUT2D eigenvalue weighted by Crippen LogP contribution is 2.46. The van der Waals surface area contributed by atoms with E-state index in [9.17, 15) is 24.9 Å². The largest absolute Gasteiger partial charge is 0.507 e. The molecule has 0 aromatic heterocycles. The van der Waals surface area contributed by atoms with Crippen LogP contribution in [0.1, 0.15) is 41.8 Å². The second-order valence-corrected chi connectivity index (χ2v) is 6.71. The molecule has 2 aliphatic heterocycles. The molecule has 5 atom stereocenters. The number of benzene rings is 1. The Kier molecular flexibility index (Phi) is 5.50. The van der Waals surface area contributed by atoms with E-state index in [1.807, 2.05) is 0 Å². The van der Waals surface area contributed by atoms with Crippen molar-refractivity contribution < 1.29 is 39.1 Å². The maximum Gasteiger partial charge on any atom is 0.342 e. The summed E-state index contributed by atoms with van der Waals surface area (Å²) in [4.78, 5) is 24.5. The van der Waals surface area contributed by atoms with Gasteiger partial charge in [0.2, 0.25) is 0 Å². The van der Waals surface area contributed by atoms with Gasteiger partial charge in [-0.25, -0.2) is 4.79 Å². The number of rotatable bonds is 1. The molecule has 2 aliphatic rings. The van der Waals surface area contributed by atoms with Gasteiger partial charge in [0.1, 0.15) is 35.4 Å². The van der Waals surface area contributed by atoms with Crippen molar-refractivity contribution in [2.75, 3.05) is 7.11 Å². The third-order valence-electron chi connectivity index (χ3n) is 4.64. The van der Waals surface area contributed by atoms with Gasteiger partial charge in [-0.3, -0.25) is 4.79 Å². The molecule has 1 saturated heterocycles. The Bertz CT molecular complexity index is 771. The summed E-state index contributed by atoms with van der Waals surface area (Å²) in [5, 5.41) is 30.4. The summed E-state index contributed by atoms with van der Waals surface area (Å²) in [7, 11) is 1.42. The summed E-state index contributed by atoms with van der Waals surface area (Å²) >= 11 is 0. The minimum atomic E-state index is -1.56. The first-order valence-corrected chi connectivity index (χ1v) is 8.65. The van der Waals surface area contributed by atoms with Gasteiger partial charge in [0.05, 0.1) is 19.3 Å². The van der Waals surface area contributed by atoms with Gasteiger partial charge in [0.15, 0.2) is 5.78 Å². The van der Waals surface area contributed by atoms with Gasteiger partial charge in [-0.2, -0.15) is 0 Å². The minimum absolute atomic E-state index is 0.00568. The SMILES string of the molecule is COc1cc(O)c2c(c1)C1OC1CC(O)C(O)C(=O)/C=C\CC(C)OC2=O. The standard InChI is InChI=1S/C19H22O8/c1-9-4-3-5-12(20)17(23)14(22)8-15-18(27-15)11-6-10(25-2)7-13(21)16(11)19(24)26-9/h3,5-7,9,14-15,17-18,21-23H,4,8H2,1-2H3/b5-3-. The van der Waals surface area contributed by atoms with Gasteiger partial charge in [-0.15, -0.1) is 0 Å². The Morgan fingerprint density at radius 2 is 1.96 bits per heavy atom. The van der Waals surface area contributed by atoms with E-state index in [2.05, 4.69) is 0 Å². The molecule has 5 unspecified atom stereocenters. The van der Waals surface area contributed by atoms with Crippen molar-refractivity contribution in [3.05, 3.63) is 35.4 Å². The van der Waals surface area contributed by atoms with Gasteiger partial charge >= 0.3 is 5.97 Å². The predicted octanol–water partition coefficient (Wildman–Crippen LogP) is 1.03. The molecule has 2 heterocycles. The second kappa shape index (κ2) is 7.67. The molecule has 1 aromatic carbocycles. The van der Waals surface area contributed by atoms with E-state index in [-0.39, 0.29) is 24.2 Å². The lowest BCUT2D eigenvalue weighted by molar-refractivity contribution is -0.128. The molecule has 0 saturated carbocycles. The van der Waals surface area contributed by atoms with E-state index in [1.165, 1.54) is 19.3 Å². The number of aliphatic hydroxyl groups is 2. The minimum Gasteiger partial charge on any atom is -0.507 e. The fraction of sp³-hybridized carbons (Fsp3) is 0.474. The number of aromatic hydroxyl groups is 1. The number of phenols is 1. The summed E-state index contributed by atoms with van der Waals surface area (Å²) in [6, 6.07) is 2.87. The van der Waals surface area contributed by atoms with Crippen LogP contribution >= 0.6 is 0 Å². The first-order valence-electron chi connectivity index (χ1n) is 8.65. The molecule has 0 radical (unpaired) electrons. The van der Waals surface area contributed by atoms with Gasteiger partial charge in [0, 0.05) is 24.5 Å². The van der Waals surface area contributed by atoms with Crippen LogP contribution in [0.3, 0.4) is 0 Å². The van der Waals surface area contributed by atoms with Crippen molar-refractivity contribution in [3.63, 3.8) is 0 Å². The molecule has 27 heavy (non-hydrogen) atoms. The van der Waals surface area contributed by atoms with Crippen LogP contribution in [0.2, 0.25) is 0 Å². The molecule has 1 aromatic rings. The van der Waals surface area contributed by atoms with Crippen molar-refractivity contribution in [2.24, 2.45) is 0 Å². The highest BCUT2D eigenvalue weighted by atomic mass is 16.6. The number of esters is 1. The molecule has 0 spiro atoms. The van der Waals surface area contributed by atoms with E-state index >= 15 is 0 Å². The number of carbonyl (C=O) groups is 2. The van der Waals surface area contributed by atoms with Gasteiger partial charge in [-0.05, 0) is 19.1 Å². The molecule has 1 fully saturated rings. The number of aliphatic hydroxyl groups excluding tert-OH is 2. The maximum absolute atomic E-state index is 12.6. The number of ether oxygens (including phenoxy) is 3. The molecule has 8 nitrogen and oxygen atoms in total. The van der Waals surface area contributed by atoms with Gasteiger partial charge in [-0.1, -0.05) is 6.08 Å². The number of hydrogen-bond donors (Lipinski definition) is 3. The van der Waals surface area contributed by atoms with Crippen LogP contribution < -0.4 is 4.74 Å². The van der Waals surface area contributed by atoms with Crippen molar-refractivity contribution in [2.45, 2.75) is 50.3 Å². The topological polar surface area (TPSA) is 126 Å². The molecule has 3 rings (SSSR count). The fourth-order valence-corrected chi connectivity index (χ4v) is 3.10. The number of epoxide rings is 1. The Labute approximate surface area is 156 Å². The lowest BCUT2D eigenvalue weighted by Gasteiger charge is -2.17. The molecular formula is C19H22O8. The average molecular weight is 378 g/mol. The number of fused-ring (bicyclic) bond motifs is 3. The zero-order chi connectivity index (χ0) is 19.7. The highest BCUT2D eigenvalue weighted by Gasteiger charge is 2.46. The summed E-state index contributed by atoms with van der Waals surface area (Å²) < 4.78 is 16.0. The number of hydrogen-bond acceptors (Lipinski definition) is 8. The number of ketones is 1. The average Bonchev–Trinajstić information content (AvgIpc) is 3.38. The zero-order valence-electron chi connectivity index (χ0n) is 15.0. The van der Waals surface area contributed by atoms with Crippen molar-refractivity contribution in [1.82, 2.24) is 0 Å². The molecule has 146 valence electrons. The Balaban J connectivity index is 1.98. The molecule has 3 N–H and O–H groups in total. The number of phenolic OH excluding ortho intramolecular Hbond substituents is 1. The van der Waals surface area contributed by atoms with Crippen LogP contribution in [-0.2, 0) is 14.3 Å². The van der Waals surface area contributed by atoms with Crippen LogP contribution in [-0.4, -0.2) is 58.6 Å². The van der Waals surface area contributed by atoms with Gasteiger partial charge < -0.3 is 29.5 Å². The van der Waals surface area contributed by atoms with Crippen LogP contribution in [0.25, 0.3) is 0 Å². The highest BCUT2D eigenvalue weighted by molar-refractivity contribution is 5.95. The summed E-state index contributed by atoms with van der Waals surface area (Å²) in [6.07, 6.45) is -1.72. The number of carbonyl (C=O) groups excluding carboxylic acids is 2. The van der Waals surface area contributed by atoms with Gasteiger partial charge in [0.25, 0.3) is 0 Å². The van der Waals surface area contributed by atoms with E-state index in [1.54, 1.807) is 13.0 Å². The van der Waals surface area contributed by atoms with Crippen LogP contribution in [0.4, 0.5) is 0 Å². The third kappa shape index (κ3) is 4.13. The predicted molar refractivity (Wildman–Crippen MR) is 92.5 cm³/mol. The van der Waals surface area contributed by atoms with Crippen molar-refractivity contribution in [1.29, 1.82) is 0 Å². The third-order valence-corrected chi connectivity index (χ3v) is 4.64. The van der Waals surface area contributed by atoms with E-state index in [0.29, 0.717) is 11.3 Å². The van der Waals surface area contributed by atoms with E-state index < -0.39 is 42.3 Å². The molecule has 0 bridgehead atoms. The zero-order valence-corrected chi connectivity index (χ0v) is 15.0. The first kappa shape index (κ1) is 19.3. The maximum atomic E-state index is 12.6. The molecular weight excluding hydrogens is 356 g/mol. The number of cyclic esters (lactones) is 1. The fourth-order valence-electron chi connectivity index (χ4n) is 3.10. The van der Waals surface area contributed by atoms with Crippen LogP contribution in [0, 0.1) is 0 Å². The molecule has 0 aliphatic carbocycles. The summed E-state index contributed by atoms with van der Waals surface area (Å²) in [5.41, 5.74) is 0.344. The van der Waals surface area contributed by atoms with Crippen LogP contribution in [0.15, 0.2) is 24.3 Å². The summed E-state index contributed by atoms with van der Waals surface area (Å²) in [6.45, 7) is 1.64. The Hall–Kier alpha value is -2.42.